The van der Waals surface area contributed by atoms with Crippen molar-refractivity contribution in [2.45, 2.75) is 6.42 Å². The minimum absolute atomic E-state index is 0.211. The molecule has 1 saturated heterocycles. The number of carboxylic acid groups (broad SMARTS) is 1. The number of carbonyl (C=O) groups excluding carboxylic acids is 1. The van der Waals surface area contributed by atoms with E-state index < -0.39 is 11.9 Å². The third-order valence-electron chi connectivity index (χ3n) is 3.79. The zero-order valence-corrected chi connectivity index (χ0v) is 13.7. The SMILES string of the molecule is COc1cccc(-c2nsc(NC(=O)N3CCC(C(=O)O)C3)n2)c1. The molecule has 2 N–H and O–H groups in total. The van der Waals surface area contributed by atoms with E-state index in [1.165, 1.54) is 4.90 Å². The molecule has 1 aromatic carbocycles. The zero-order chi connectivity index (χ0) is 17.1. The first-order chi connectivity index (χ1) is 11.6. The Morgan fingerprint density at radius 2 is 2.29 bits per heavy atom. The van der Waals surface area contributed by atoms with E-state index in [-0.39, 0.29) is 12.6 Å². The highest BCUT2D eigenvalue weighted by atomic mass is 32.1. The Labute approximate surface area is 142 Å². The van der Waals surface area contributed by atoms with Crippen LogP contribution in [0.2, 0.25) is 0 Å². The maximum atomic E-state index is 12.2. The molecule has 126 valence electrons. The van der Waals surface area contributed by atoms with Crippen molar-refractivity contribution in [1.29, 1.82) is 0 Å². The number of amides is 2. The number of anilines is 1. The molecule has 1 fully saturated rings. The number of rotatable bonds is 4. The highest BCUT2D eigenvalue weighted by Gasteiger charge is 2.31. The van der Waals surface area contributed by atoms with Crippen LogP contribution < -0.4 is 10.1 Å². The summed E-state index contributed by atoms with van der Waals surface area (Å²) < 4.78 is 9.40. The highest BCUT2D eigenvalue weighted by Crippen LogP contribution is 2.25. The summed E-state index contributed by atoms with van der Waals surface area (Å²) in [5, 5.41) is 12.0. The third kappa shape index (κ3) is 3.46. The molecule has 0 spiro atoms. The van der Waals surface area contributed by atoms with Crippen molar-refractivity contribution < 1.29 is 19.4 Å². The largest absolute Gasteiger partial charge is 0.497 e. The molecule has 0 bridgehead atoms. The van der Waals surface area contributed by atoms with Crippen LogP contribution in [-0.4, -0.2) is 51.6 Å². The van der Waals surface area contributed by atoms with Gasteiger partial charge in [0.2, 0.25) is 5.13 Å². The summed E-state index contributed by atoms with van der Waals surface area (Å²) in [5.41, 5.74) is 0.790. The molecule has 2 aromatic rings. The van der Waals surface area contributed by atoms with Crippen molar-refractivity contribution in [2.75, 3.05) is 25.5 Å². The fourth-order valence-electron chi connectivity index (χ4n) is 2.47. The van der Waals surface area contributed by atoms with Crippen LogP contribution in [0.25, 0.3) is 11.4 Å². The van der Waals surface area contributed by atoms with Gasteiger partial charge < -0.3 is 14.7 Å². The van der Waals surface area contributed by atoms with Gasteiger partial charge in [-0.1, -0.05) is 12.1 Å². The minimum Gasteiger partial charge on any atom is -0.497 e. The van der Waals surface area contributed by atoms with Crippen LogP contribution >= 0.6 is 11.5 Å². The third-order valence-corrected chi connectivity index (χ3v) is 4.42. The van der Waals surface area contributed by atoms with Gasteiger partial charge in [-0.25, -0.2) is 4.79 Å². The van der Waals surface area contributed by atoms with Gasteiger partial charge in [0, 0.05) is 30.2 Å². The maximum Gasteiger partial charge on any atom is 0.323 e. The van der Waals surface area contributed by atoms with Crippen LogP contribution in [-0.2, 0) is 4.79 Å². The van der Waals surface area contributed by atoms with Gasteiger partial charge in [-0.3, -0.25) is 10.1 Å². The number of urea groups is 1. The van der Waals surface area contributed by atoms with E-state index >= 15 is 0 Å². The molecule has 9 heteroatoms. The fraction of sp³-hybridized carbons (Fsp3) is 0.333. The van der Waals surface area contributed by atoms with Crippen molar-refractivity contribution in [3.05, 3.63) is 24.3 Å². The predicted molar refractivity (Wildman–Crippen MR) is 88.2 cm³/mol. The number of hydrogen-bond donors (Lipinski definition) is 2. The average Bonchev–Trinajstić information content (AvgIpc) is 3.24. The van der Waals surface area contributed by atoms with Gasteiger partial charge in [0.25, 0.3) is 0 Å². The molecule has 24 heavy (non-hydrogen) atoms. The molecule has 0 aliphatic carbocycles. The van der Waals surface area contributed by atoms with Crippen LogP contribution in [0.5, 0.6) is 5.75 Å². The Morgan fingerprint density at radius 1 is 1.46 bits per heavy atom. The molecular weight excluding hydrogens is 332 g/mol. The molecule has 0 radical (unpaired) electrons. The molecule has 2 amide bonds. The van der Waals surface area contributed by atoms with Gasteiger partial charge in [0.05, 0.1) is 13.0 Å². The lowest BCUT2D eigenvalue weighted by molar-refractivity contribution is -0.141. The summed E-state index contributed by atoms with van der Waals surface area (Å²) in [6.45, 7) is 0.632. The lowest BCUT2D eigenvalue weighted by atomic mass is 10.1. The molecule has 1 atom stereocenters. The van der Waals surface area contributed by atoms with E-state index in [2.05, 4.69) is 14.7 Å². The Hall–Kier alpha value is -2.68. The first-order valence-electron chi connectivity index (χ1n) is 7.33. The van der Waals surface area contributed by atoms with Crippen LogP contribution in [0.15, 0.2) is 24.3 Å². The number of aliphatic carboxylic acids is 1. The quantitative estimate of drug-likeness (QED) is 0.877. The normalized spacial score (nSPS) is 16.9. The van der Waals surface area contributed by atoms with Crippen LogP contribution in [0.4, 0.5) is 9.93 Å². The Kier molecular flexibility index (Phi) is 4.61. The molecular formula is C15H16N4O4S. The van der Waals surface area contributed by atoms with Crippen molar-refractivity contribution in [2.24, 2.45) is 5.92 Å². The summed E-state index contributed by atoms with van der Waals surface area (Å²) in [7, 11) is 1.58. The van der Waals surface area contributed by atoms with Crippen molar-refractivity contribution in [1.82, 2.24) is 14.3 Å². The number of nitrogens with zero attached hydrogens (tertiary/aromatic N) is 3. The van der Waals surface area contributed by atoms with Gasteiger partial charge in [0.15, 0.2) is 5.82 Å². The van der Waals surface area contributed by atoms with Gasteiger partial charge in [-0.05, 0) is 18.6 Å². The van der Waals surface area contributed by atoms with E-state index in [9.17, 15) is 9.59 Å². The molecule has 2 heterocycles. The van der Waals surface area contributed by atoms with Gasteiger partial charge in [-0.2, -0.15) is 9.36 Å². The van der Waals surface area contributed by atoms with Gasteiger partial charge >= 0.3 is 12.0 Å². The number of carboxylic acids is 1. The smallest absolute Gasteiger partial charge is 0.323 e. The first-order valence-corrected chi connectivity index (χ1v) is 8.11. The summed E-state index contributed by atoms with van der Waals surface area (Å²) >= 11 is 1.08. The minimum atomic E-state index is -0.874. The zero-order valence-electron chi connectivity index (χ0n) is 12.9. The molecule has 1 aliphatic heterocycles. The molecule has 0 saturated carbocycles. The standard InChI is InChI=1S/C15H16N4O4S/c1-23-11-4-2-3-9(7-11)12-16-14(24-18-12)17-15(22)19-6-5-10(8-19)13(20)21/h2-4,7,10H,5-6,8H2,1H3,(H,20,21)(H,16,17,18,22). The number of hydrogen-bond acceptors (Lipinski definition) is 6. The van der Waals surface area contributed by atoms with E-state index in [4.69, 9.17) is 9.84 Å². The summed E-state index contributed by atoms with van der Waals surface area (Å²) in [6, 6.07) is 6.97. The number of benzene rings is 1. The number of nitrogens with one attached hydrogen (secondary N) is 1. The number of ether oxygens (including phenoxy) is 1. The van der Waals surface area contributed by atoms with Gasteiger partial charge in [-0.15, -0.1) is 0 Å². The molecule has 3 rings (SSSR count). The highest BCUT2D eigenvalue weighted by molar-refractivity contribution is 7.10. The van der Waals surface area contributed by atoms with Crippen LogP contribution in [0.1, 0.15) is 6.42 Å². The second kappa shape index (κ2) is 6.83. The second-order valence-electron chi connectivity index (χ2n) is 5.36. The summed E-state index contributed by atoms with van der Waals surface area (Å²) in [5.74, 6) is -0.178. The fourth-order valence-corrected chi connectivity index (χ4v) is 3.05. The van der Waals surface area contributed by atoms with E-state index in [0.29, 0.717) is 29.7 Å². The lowest BCUT2D eigenvalue weighted by Crippen LogP contribution is -2.33. The van der Waals surface area contributed by atoms with Crippen LogP contribution in [0, 0.1) is 5.92 Å². The number of likely N-dealkylation sites (tertiary alicyclic amines) is 1. The molecule has 1 aliphatic rings. The Balaban J connectivity index is 1.66. The number of aromatic nitrogens is 2. The average molecular weight is 348 g/mol. The Morgan fingerprint density at radius 3 is 3.00 bits per heavy atom. The van der Waals surface area contributed by atoms with E-state index in [0.717, 1.165) is 17.1 Å². The number of carbonyl (C=O) groups is 2. The monoisotopic (exact) mass is 348 g/mol. The van der Waals surface area contributed by atoms with Crippen LogP contribution in [0.3, 0.4) is 0 Å². The first kappa shape index (κ1) is 16.2. The summed E-state index contributed by atoms with van der Waals surface area (Å²) in [4.78, 5) is 28.9. The molecule has 1 unspecified atom stereocenters. The molecule has 8 nitrogen and oxygen atoms in total. The molecule has 1 aromatic heterocycles. The van der Waals surface area contributed by atoms with Gasteiger partial charge in [0.1, 0.15) is 5.75 Å². The topological polar surface area (TPSA) is 105 Å². The summed E-state index contributed by atoms with van der Waals surface area (Å²) in [6.07, 6.45) is 0.466. The number of methoxy groups -OCH3 is 1. The Bertz CT molecular complexity index is 763. The van der Waals surface area contributed by atoms with Crippen molar-refractivity contribution >= 4 is 28.7 Å². The van der Waals surface area contributed by atoms with Crippen molar-refractivity contribution in [3.8, 4) is 17.1 Å². The lowest BCUT2D eigenvalue weighted by Gasteiger charge is -2.15. The van der Waals surface area contributed by atoms with E-state index in [1.807, 2.05) is 24.3 Å². The predicted octanol–water partition coefficient (Wildman–Crippen LogP) is 2.15. The maximum absolute atomic E-state index is 12.2. The van der Waals surface area contributed by atoms with Crippen molar-refractivity contribution in [3.63, 3.8) is 0 Å². The second-order valence-corrected chi connectivity index (χ2v) is 6.11. The van der Waals surface area contributed by atoms with E-state index in [1.54, 1.807) is 7.11 Å².